The van der Waals surface area contributed by atoms with Crippen LogP contribution in [0, 0.1) is 11.8 Å². The van der Waals surface area contributed by atoms with Gasteiger partial charge in [-0.15, -0.1) is 0 Å². The minimum atomic E-state index is -0.480. The van der Waals surface area contributed by atoms with Crippen LogP contribution in [0.1, 0.15) is 27.2 Å². The zero-order chi connectivity index (χ0) is 18.5. The monoisotopic (exact) mass is 375 g/mol. The number of pyridine rings is 1. The highest BCUT2D eigenvalue weighted by molar-refractivity contribution is 6.29. The average Bonchev–Trinajstić information content (AvgIpc) is 2.58. The van der Waals surface area contributed by atoms with Crippen molar-refractivity contribution in [2.24, 2.45) is 11.8 Å². The smallest absolute Gasteiger partial charge is 0.407 e. The van der Waals surface area contributed by atoms with Crippen LogP contribution in [-0.2, 0) is 4.74 Å². The number of piperidine rings is 2. The van der Waals surface area contributed by atoms with Gasteiger partial charge in [0, 0.05) is 19.1 Å². The molecular formula is C18H22ClN5O2. The first kappa shape index (κ1) is 17.3. The lowest BCUT2D eigenvalue weighted by Gasteiger charge is -2.53. The highest BCUT2D eigenvalue weighted by Crippen LogP contribution is 2.41. The summed E-state index contributed by atoms with van der Waals surface area (Å²) >= 11 is 5.90. The van der Waals surface area contributed by atoms with E-state index in [1.807, 2.05) is 26.8 Å². The Morgan fingerprint density at radius 3 is 2.69 bits per heavy atom. The summed E-state index contributed by atoms with van der Waals surface area (Å²) in [6, 6.07) is 3.73. The Bertz CT molecular complexity index is 841. The average molecular weight is 376 g/mol. The Labute approximate surface area is 157 Å². The molecule has 2 aromatic heterocycles. The van der Waals surface area contributed by atoms with Gasteiger partial charge in [-0.2, -0.15) is 0 Å². The molecule has 0 aromatic carbocycles. The van der Waals surface area contributed by atoms with Crippen molar-refractivity contribution in [2.75, 3.05) is 18.0 Å². The third kappa shape index (κ3) is 3.40. The molecule has 1 amide bonds. The molecule has 7 nitrogen and oxygen atoms in total. The molecule has 3 atom stereocenters. The van der Waals surface area contributed by atoms with Gasteiger partial charge in [0.05, 0.1) is 6.20 Å². The molecule has 0 unspecified atom stereocenters. The molecule has 4 heterocycles. The predicted molar refractivity (Wildman–Crippen MR) is 99.3 cm³/mol. The summed E-state index contributed by atoms with van der Waals surface area (Å²) in [5.41, 5.74) is 0.800. The molecule has 2 saturated heterocycles. The molecule has 0 radical (unpaired) electrons. The molecule has 2 bridgehead atoms. The number of rotatable bonds is 2. The van der Waals surface area contributed by atoms with Crippen LogP contribution in [0.5, 0.6) is 0 Å². The second-order valence-corrected chi connectivity index (χ2v) is 8.43. The second kappa shape index (κ2) is 6.23. The maximum absolute atomic E-state index is 12.0. The van der Waals surface area contributed by atoms with Gasteiger partial charge in [0.25, 0.3) is 0 Å². The maximum Gasteiger partial charge on any atom is 0.407 e. The largest absolute Gasteiger partial charge is 0.444 e. The minimum Gasteiger partial charge on any atom is -0.444 e. The summed E-state index contributed by atoms with van der Waals surface area (Å²) in [6.07, 6.45) is 2.53. The number of carbonyl (C=O) groups excluding carboxylic acids is 1. The summed E-state index contributed by atoms with van der Waals surface area (Å²) in [7, 11) is 0. The van der Waals surface area contributed by atoms with Crippen molar-refractivity contribution in [3.63, 3.8) is 0 Å². The zero-order valence-electron chi connectivity index (χ0n) is 15.1. The molecule has 3 fully saturated rings. The van der Waals surface area contributed by atoms with Crippen LogP contribution < -0.4 is 10.2 Å². The number of hydrogen-bond acceptors (Lipinski definition) is 6. The molecule has 2 aromatic rings. The Hall–Kier alpha value is -2.15. The molecule has 3 aliphatic rings. The minimum absolute atomic E-state index is 0.176. The first-order valence-corrected chi connectivity index (χ1v) is 9.20. The van der Waals surface area contributed by atoms with Crippen LogP contribution in [0.25, 0.3) is 11.2 Å². The van der Waals surface area contributed by atoms with Crippen molar-refractivity contribution in [3.8, 4) is 0 Å². The number of hydrogen-bond donors (Lipinski definition) is 1. The molecular weight excluding hydrogens is 354 g/mol. The highest BCUT2D eigenvalue weighted by atomic mass is 35.5. The quantitative estimate of drug-likeness (QED) is 0.812. The molecule has 1 saturated carbocycles. The van der Waals surface area contributed by atoms with Crippen LogP contribution in [0.15, 0.2) is 18.3 Å². The number of aromatic nitrogens is 3. The van der Waals surface area contributed by atoms with Gasteiger partial charge in [-0.1, -0.05) is 11.6 Å². The van der Waals surface area contributed by atoms with Crippen LogP contribution in [0.3, 0.4) is 0 Å². The Balaban J connectivity index is 1.42. The van der Waals surface area contributed by atoms with Crippen molar-refractivity contribution < 1.29 is 9.53 Å². The van der Waals surface area contributed by atoms with E-state index in [9.17, 15) is 4.79 Å². The maximum atomic E-state index is 12.0. The van der Waals surface area contributed by atoms with Gasteiger partial charge in [0.2, 0.25) is 0 Å². The number of carbonyl (C=O) groups is 1. The van der Waals surface area contributed by atoms with Crippen molar-refractivity contribution in [1.82, 2.24) is 20.3 Å². The van der Waals surface area contributed by atoms with Crippen LogP contribution in [0.2, 0.25) is 5.15 Å². The van der Waals surface area contributed by atoms with Gasteiger partial charge in [0.15, 0.2) is 5.65 Å². The number of fused-ring (bicyclic) bond motifs is 3. The third-order valence-corrected chi connectivity index (χ3v) is 5.11. The van der Waals surface area contributed by atoms with Crippen molar-refractivity contribution in [2.45, 2.75) is 38.8 Å². The van der Waals surface area contributed by atoms with Gasteiger partial charge in [-0.05, 0) is 51.2 Å². The predicted octanol–water partition coefficient (Wildman–Crippen LogP) is 3.03. The normalized spacial score (nSPS) is 24.9. The van der Waals surface area contributed by atoms with E-state index >= 15 is 0 Å². The molecule has 5 rings (SSSR count). The first-order chi connectivity index (χ1) is 12.3. The number of ether oxygens (including phenoxy) is 1. The lowest BCUT2D eigenvalue weighted by Crippen LogP contribution is -2.65. The van der Waals surface area contributed by atoms with E-state index in [2.05, 4.69) is 25.2 Å². The van der Waals surface area contributed by atoms with Crippen LogP contribution >= 0.6 is 11.6 Å². The second-order valence-electron chi connectivity index (χ2n) is 8.04. The summed E-state index contributed by atoms with van der Waals surface area (Å²) in [4.78, 5) is 27.5. The van der Waals surface area contributed by atoms with E-state index in [-0.39, 0.29) is 12.1 Å². The van der Waals surface area contributed by atoms with Gasteiger partial charge in [-0.3, -0.25) is 0 Å². The van der Waals surface area contributed by atoms with Crippen LogP contribution in [-0.4, -0.2) is 45.8 Å². The Kier molecular flexibility index (Phi) is 4.14. The number of alkyl carbamates (subject to hydrolysis) is 1. The molecule has 1 N–H and O–H groups in total. The number of anilines is 1. The number of halogens is 1. The fourth-order valence-electron chi connectivity index (χ4n) is 3.78. The molecule has 0 spiro atoms. The highest BCUT2D eigenvalue weighted by Gasteiger charge is 2.48. The van der Waals surface area contributed by atoms with E-state index in [0.29, 0.717) is 22.6 Å². The fraction of sp³-hybridized carbons (Fsp3) is 0.556. The molecule has 8 heteroatoms. The fourth-order valence-corrected chi connectivity index (χ4v) is 3.92. The number of amides is 1. The van der Waals surface area contributed by atoms with Gasteiger partial charge >= 0.3 is 6.09 Å². The van der Waals surface area contributed by atoms with E-state index in [1.165, 1.54) is 0 Å². The standard InChI is InChI=1S/C18H22ClN5O2/c1-18(2,3)26-17(25)23-15-10-6-11(15)9-24(8-10)14-7-20-16-12(21-14)4-5-13(19)22-16/h4-5,7,10-11,15H,6,8-9H2,1-3H3,(H,23,25)/t10-,11+,15+. The number of nitrogens with zero attached hydrogens (tertiary/aromatic N) is 4. The van der Waals surface area contributed by atoms with Crippen LogP contribution in [0.4, 0.5) is 10.6 Å². The summed E-state index contributed by atoms with van der Waals surface area (Å²) < 4.78 is 5.37. The molecule has 138 valence electrons. The topological polar surface area (TPSA) is 80.2 Å². The molecule has 2 aliphatic heterocycles. The van der Waals surface area contributed by atoms with Gasteiger partial charge < -0.3 is 15.0 Å². The van der Waals surface area contributed by atoms with Crippen molar-refractivity contribution in [3.05, 3.63) is 23.5 Å². The Morgan fingerprint density at radius 2 is 2.00 bits per heavy atom. The van der Waals surface area contributed by atoms with Gasteiger partial charge in [-0.25, -0.2) is 19.7 Å². The first-order valence-electron chi connectivity index (χ1n) is 8.82. The number of nitrogens with one attached hydrogen (secondary N) is 1. The van der Waals surface area contributed by atoms with E-state index in [0.717, 1.165) is 30.8 Å². The summed E-state index contributed by atoms with van der Waals surface area (Å²) in [5, 5.41) is 3.45. The molecule has 26 heavy (non-hydrogen) atoms. The van der Waals surface area contributed by atoms with Crippen molar-refractivity contribution >= 4 is 34.7 Å². The van der Waals surface area contributed by atoms with E-state index < -0.39 is 5.60 Å². The molecule has 1 aliphatic carbocycles. The third-order valence-electron chi connectivity index (χ3n) is 4.90. The lowest BCUT2D eigenvalue weighted by atomic mass is 9.66. The van der Waals surface area contributed by atoms with Gasteiger partial charge in [0.1, 0.15) is 22.1 Å². The van der Waals surface area contributed by atoms with E-state index in [1.54, 1.807) is 12.3 Å². The van der Waals surface area contributed by atoms with Crippen molar-refractivity contribution in [1.29, 1.82) is 0 Å². The van der Waals surface area contributed by atoms with E-state index in [4.69, 9.17) is 16.3 Å². The summed E-state index contributed by atoms with van der Waals surface area (Å²) in [5.74, 6) is 1.65. The SMILES string of the molecule is CC(C)(C)OC(=O)N[C@H]1[C@@H]2C[C@H]1CN(c1cnc3nc(Cl)ccc3n1)C2. The zero-order valence-corrected chi connectivity index (χ0v) is 15.8. The Morgan fingerprint density at radius 1 is 1.27 bits per heavy atom. The lowest BCUT2D eigenvalue weighted by molar-refractivity contribution is 0.0283. The summed E-state index contributed by atoms with van der Waals surface area (Å²) in [6.45, 7) is 7.30.